The van der Waals surface area contributed by atoms with Crippen LogP contribution in [0.1, 0.15) is 12.5 Å². The molecule has 18 heteroatoms. The molecule has 2 fully saturated rings. The number of phenolic OH excluding ortho intramolecular Hbond substituents is 4. The van der Waals surface area contributed by atoms with Crippen molar-refractivity contribution in [2.45, 2.75) is 68.3 Å². The standard InChI is InChI=1S/C37H38O18/c1-15-27(43)31(47)35(55-36-32(48)30(46)28(44)24(53-36)14-50-25(42)10-5-16-3-7-18(38)8-4-16)37(51-15)54-34-29(45)26-21(41)12-19(39)13-23(26)52-33(34)17-6-9-20(40)22(11-17)49-2/h3-13,15,24,27-28,30-32,35-41,43-44,46-48H,14H2,1-2H3/t15-,24+,27-,28+,30-,31+,32+,35+,36-,37-/m0/s1. The SMILES string of the molecule is COc1cc(-c2oc3cc(O)cc(O)c3c(=O)c2O[C@@H]2O[C@@H](C)[C@H](O)[C@@H](O)[C@H]2O[C@@H]2O[C@H](COC(=O)C=Cc3ccc(O)cc3)[C@@H](O)[C@H](O)[C@H]2O)ccc1O. The van der Waals surface area contributed by atoms with Crippen molar-refractivity contribution in [2.75, 3.05) is 13.7 Å². The smallest absolute Gasteiger partial charge is 0.330 e. The zero-order valence-electron chi connectivity index (χ0n) is 29.0. The molecule has 294 valence electrons. The minimum Gasteiger partial charge on any atom is -0.508 e. The molecule has 2 aliphatic heterocycles. The summed E-state index contributed by atoms with van der Waals surface area (Å²) < 4.78 is 39.6. The van der Waals surface area contributed by atoms with E-state index in [0.717, 1.165) is 18.2 Å². The van der Waals surface area contributed by atoms with Gasteiger partial charge in [-0.15, -0.1) is 0 Å². The van der Waals surface area contributed by atoms with E-state index in [1.165, 1.54) is 50.4 Å². The van der Waals surface area contributed by atoms with Crippen molar-refractivity contribution < 1.29 is 83.6 Å². The number of carbonyl (C=O) groups excluding carboxylic acids is 1. The second-order valence-corrected chi connectivity index (χ2v) is 12.8. The maximum atomic E-state index is 14.0. The zero-order chi connectivity index (χ0) is 39.7. The quantitative estimate of drug-likeness (QED) is 0.0788. The lowest BCUT2D eigenvalue weighted by atomic mass is 9.97. The van der Waals surface area contributed by atoms with Gasteiger partial charge in [0.2, 0.25) is 17.5 Å². The average Bonchev–Trinajstić information content (AvgIpc) is 3.15. The van der Waals surface area contributed by atoms with Crippen LogP contribution in [0.25, 0.3) is 28.4 Å². The lowest BCUT2D eigenvalue weighted by molar-refractivity contribution is -0.355. The summed E-state index contributed by atoms with van der Waals surface area (Å²) in [5, 5.41) is 94.1. The first-order valence-electron chi connectivity index (χ1n) is 16.7. The van der Waals surface area contributed by atoms with E-state index in [1.54, 1.807) is 12.1 Å². The highest BCUT2D eigenvalue weighted by molar-refractivity contribution is 5.88. The third-order valence-corrected chi connectivity index (χ3v) is 9.03. The Hall–Kier alpha value is -5.44. The van der Waals surface area contributed by atoms with Gasteiger partial charge in [-0.25, -0.2) is 4.79 Å². The van der Waals surface area contributed by atoms with Crippen molar-refractivity contribution in [2.24, 2.45) is 0 Å². The predicted molar refractivity (Wildman–Crippen MR) is 186 cm³/mol. The van der Waals surface area contributed by atoms with Crippen molar-refractivity contribution >= 4 is 23.0 Å². The van der Waals surface area contributed by atoms with Gasteiger partial charge in [-0.3, -0.25) is 4.79 Å². The summed E-state index contributed by atoms with van der Waals surface area (Å²) in [6, 6.07) is 11.7. The fourth-order valence-electron chi connectivity index (χ4n) is 6.03. The van der Waals surface area contributed by atoms with Gasteiger partial charge in [0, 0.05) is 23.8 Å². The first-order chi connectivity index (χ1) is 26.2. The molecule has 3 heterocycles. The largest absolute Gasteiger partial charge is 0.508 e. The molecule has 9 N–H and O–H groups in total. The monoisotopic (exact) mass is 770 g/mol. The number of benzene rings is 3. The number of hydrogen-bond donors (Lipinski definition) is 9. The summed E-state index contributed by atoms with van der Waals surface area (Å²) in [6.45, 7) is 0.722. The summed E-state index contributed by atoms with van der Waals surface area (Å²) in [4.78, 5) is 26.4. The number of phenols is 4. The highest BCUT2D eigenvalue weighted by atomic mass is 16.8. The average molecular weight is 771 g/mol. The lowest BCUT2D eigenvalue weighted by Crippen LogP contribution is -2.64. The Morgan fingerprint density at radius 3 is 2.24 bits per heavy atom. The Kier molecular flexibility index (Phi) is 11.5. The number of rotatable bonds is 10. The van der Waals surface area contributed by atoms with Crippen molar-refractivity contribution in [3.63, 3.8) is 0 Å². The Labute approximate surface area is 310 Å². The normalized spacial score (nSPS) is 28.3. The zero-order valence-corrected chi connectivity index (χ0v) is 29.0. The molecule has 0 bridgehead atoms. The minimum atomic E-state index is -1.99. The van der Waals surface area contributed by atoms with Gasteiger partial charge in [0.25, 0.3) is 0 Å². The molecule has 10 atom stereocenters. The number of ether oxygens (including phenoxy) is 6. The van der Waals surface area contributed by atoms with Crippen LogP contribution in [0.15, 0.2) is 69.9 Å². The predicted octanol–water partition coefficient (Wildman–Crippen LogP) is 0.586. The molecule has 3 aromatic carbocycles. The molecule has 1 aromatic heterocycles. The van der Waals surface area contributed by atoms with Crippen LogP contribution in [-0.4, -0.2) is 127 Å². The second kappa shape index (κ2) is 16.1. The molecule has 0 radical (unpaired) electrons. The Bertz CT molecular complexity index is 2100. The van der Waals surface area contributed by atoms with Gasteiger partial charge in [-0.2, -0.15) is 0 Å². The molecule has 18 nitrogen and oxygen atoms in total. The van der Waals surface area contributed by atoms with E-state index in [2.05, 4.69) is 0 Å². The van der Waals surface area contributed by atoms with Crippen molar-refractivity contribution in [1.29, 1.82) is 0 Å². The number of aliphatic hydroxyl groups is 5. The number of fused-ring (bicyclic) bond motifs is 1. The molecular weight excluding hydrogens is 732 g/mol. The van der Waals surface area contributed by atoms with Crippen LogP contribution in [0.3, 0.4) is 0 Å². The van der Waals surface area contributed by atoms with Gasteiger partial charge in [0.1, 0.15) is 71.4 Å². The maximum absolute atomic E-state index is 14.0. The number of methoxy groups -OCH3 is 1. The first-order valence-corrected chi connectivity index (χ1v) is 16.7. The third-order valence-electron chi connectivity index (χ3n) is 9.03. The summed E-state index contributed by atoms with van der Waals surface area (Å²) in [6.07, 6.45) is -15.0. The molecule has 0 unspecified atom stereocenters. The summed E-state index contributed by atoms with van der Waals surface area (Å²) in [5.41, 5.74) is -0.617. The number of aromatic hydroxyl groups is 4. The molecule has 55 heavy (non-hydrogen) atoms. The Balaban J connectivity index is 1.29. The van der Waals surface area contributed by atoms with Crippen LogP contribution >= 0.6 is 0 Å². The number of carbonyl (C=O) groups is 1. The van der Waals surface area contributed by atoms with E-state index >= 15 is 0 Å². The summed E-state index contributed by atoms with van der Waals surface area (Å²) in [5.74, 6) is -3.24. The summed E-state index contributed by atoms with van der Waals surface area (Å²) >= 11 is 0. The van der Waals surface area contributed by atoms with Crippen molar-refractivity contribution in [3.8, 4) is 45.8 Å². The van der Waals surface area contributed by atoms with E-state index in [9.17, 15) is 55.5 Å². The van der Waals surface area contributed by atoms with Crippen LogP contribution in [0, 0.1) is 0 Å². The summed E-state index contributed by atoms with van der Waals surface area (Å²) in [7, 11) is 1.28. The molecule has 0 aliphatic carbocycles. The van der Waals surface area contributed by atoms with Gasteiger partial charge < -0.3 is 78.8 Å². The van der Waals surface area contributed by atoms with E-state index < -0.39 is 102 Å². The van der Waals surface area contributed by atoms with Crippen LogP contribution in [0.2, 0.25) is 0 Å². The third kappa shape index (κ3) is 8.16. The topological polar surface area (TPSA) is 285 Å². The second-order valence-electron chi connectivity index (χ2n) is 12.8. The number of hydrogen-bond acceptors (Lipinski definition) is 18. The molecule has 2 aliphatic rings. The maximum Gasteiger partial charge on any atom is 0.330 e. The molecular formula is C37H38O18. The molecule has 6 rings (SSSR count). The Morgan fingerprint density at radius 1 is 0.800 bits per heavy atom. The fraction of sp³-hybridized carbons (Fsp3) is 0.351. The first kappa shape index (κ1) is 39.3. The Morgan fingerprint density at radius 2 is 1.53 bits per heavy atom. The number of esters is 1. The van der Waals surface area contributed by atoms with E-state index in [1.807, 2.05) is 0 Å². The van der Waals surface area contributed by atoms with Gasteiger partial charge in [-0.05, 0) is 48.9 Å². The van der Waals surface area contributed by atoms with Crippen LogP contribution in [-0.2, 0) is 23.7 Å². The fourth-order valence-corrected chi connectivity index (χ4v) is 6.03. The minimum absolute atomic E-state index is 0.0244. The molecule has 0 amide bonds. The highest BCUT2D eigenvalue weighted by Crippen LogP contribution is 2.40. The lowest BCUT2D eigenvalue weighted by Gasteiger charge is -2.45. The number of aliphatic hydroxyl groups excluding tert-OH is 5. The molecule has 2 saturated heterocycles. The van der Waals surface area contributed by atoms with Crippen molar-refractivity contribution in [3.05, 3.63) is 76.5 Å². The van der Waals surface area contributed by atoms with E-state index in [-0.39, 0.29) is 34.2 Å². The van der Waals surface area contributed by atoms with Gasteiger partial charge >= 0.3 is 5.97 Å². The van der Waals surface area contributed by atoms with Crippen LogP contribution in [0.5, 0.6) is 34.5 Å². The van der Waals surface area contributed by atoms with Crippen LogP contribution < -0.4 is 14.9 Å². The van der Waals surface area contributed by atoms with Gasteiger partial charge in [0.15, 0.2) is 29.7 Å². The van der Waals surface area contributed by atoms with Crippen molar-refractivity contribution in [1.82, 2.24) is 0 Å². The van der Waals surface area contributed by atoms with E-state index in [0.29, 0.717) is 5.56 Å². The van der Waals surface area contributed by atoms with Gasteiger partial charge in [0.05, 0.1) is 13.2 Å². The highest BCUT2D eigenvalue weighted by Gasteiger charge is 2.51. The van der Waals surface area contributed by atoms with E-state index in [4.69, 9.17) is 32.8 Å². The van der Waals surface area contributed by atoms with Gasteiger partial charge in [-0.1, -0.05) is 12.1 Å². The molecule has 0 saturated carbocycles. The van der Waals surface area contributed by atoms with Crippen LogP contribution in [0.4, 0.5) is 0 Å². The molecule has 0 spiro atoms. The molecule has 4 aromatic rings.